The van der Waals surface area contributed by atoms with Crippen LogP contribution in [-0.2, 0) is 14.3 Å². The molecule has 0 heterocycles. The van der Waals surface area contributed by atoms with Crippen molar-refractivity contribution in [3.8, 4) is 0 Å². The summed E-state index contributed by atoms with van der Waals surface area (Å²) in [6.07, 6.45) is 54.6. The molecule has 0 saturated carbocycles. The van der Waals surface area contributed by atoms with Crippen molar-refractivity contribution in [2.75, 3.05) is 6.61 Å². The molecule has 3 N–H and O–H groups in total. The topological polar surface area (TPSA) is 95.9 Å². The monoisotopic (exact) mass is 814 g/mol. The van der Waals surface area contributed by atoms with E-state index in [1.807, 2.05) is 0 Å². The number of ether oxygens (including phenoxy) is 1. The molecule has 0 aromatic carbocycles. The minimum absolute atomic E-state index is 0.0523. The van der Waals surface area contributed by atoms with Gasteiger partial charge in [0.15, 0.2) is 0 Å². The Kier molecular flexibility index (Phi) is 44.2. The molecule has 3 atom stereocenters. The number of amides is 1. The minimum Gasteiger partial charge on any atom is -0.462 e. The van der Waals surface area contributed by atoms with Crippen LogP contribution in [0.3, 0.4) is 0 Å². The molecule has 3 unspecified atom stereocenters. The van der Waals surface area contributed by atoms with E-state index >= 15 is 0 Å². The highest BCUT2D eigenvalue weighted by molar-refractivity contribution is 5.77. The van der Waals surface area contributed by atoms with Gasteiger partial charge in [0.05, 0.1) is 25.2 Å². The van der Waals surface area contributed by atoms with Crippen molar-refractivity contribution in [3.63, 3.8) is 0 Å². The molecule has 0 spiro atoms. The second-order valence-electron chi connectivity index (χ2n) is 16.9. The van der Waals surface area contributed by atoms with Crippen LogP contribution in [0.15, 0.2) is 48.6 Å². The normalized spacial score (nSPS) is 13.7. The van der Waals surface area contributed by atoms with Crippen molar-refractivity contribution in [3.05, 3.63) is 48.6 Å². The average Bonchev–Trinajstić information content (AvgIpc) is 3.22. The van der Waals surface area contributed by atoms with Crippen LogP contribution in [0.25, 0.3) is 0 Å². The molecule has 0 aromatic heterocycles. The number of allylic oxidation sites excluding steroid dienone is 8. The molecule has 58 heavy (non-hydrogen) atoms. The minimum atomic E-state index is -0.795. The summed E-state index contributed by atoms with van der Waals surface area (Å²) in [6.45, 7) is 6.33. The lowest BCUT2D eigenvalue weighted by Crippen LogP contribution is -2.46. The van der Waals surface area contributed by atoms with Crippen LogP contribution < -0.4 is 5.32 Å². The molecular formula is C52H95NO5. The lowest BCUT2D eigenvalue weighted by atomic mass is 10.0. The van der Waals surface area contributed by atoms with Gasteiger partial charge in [-0.15, -0.1) is 0 Å². The van der Waals surface area contributed by atoms with Crippen molar-refractivity contribution in [1.29, 1.82) is 0 Å². The third kappa shape index (κ3) is 40.6. The first-order valence-electron chi connectivity index (χ1n) is 24.9. The van der Waals surface area contributed by atoms with E-state index in [-0.39, 0.29) is 24.9 Å². The SMILES string of the molecule is CC/C=C/C=C/C=C/CCCCCCCCCC(=O)OC(CCC/C=C\CCCCCCCCC)CC(=O)NC(CO)C(O)CCCCCCCCCCCCCC. The van der Waals surface area contributed by atoms with Crippen LogP contribution in [0, 0.1) is 0 Å². The third-order valence-electron chi connectivity index (χ3n) is 11.2. The molecular weight excluding hydrogens is 719 g/mol. The largest absolute Gasteiger partial charge is 0.462 e. The predicted molar refractivity (Wildman–Crippen MR) is 250 cm³/mol. The first kappa shape index (κ1) is 55.8. The second-order valence-corrected chi connectivity index (χ2v) is 16.9. The van der Waals surface area contributed by atoms with E-state index in [0.29, 0.717) is 19.3 Å². The fraction of sp³-hybridized carbons (Fsp3) is 0.808. The fourth-order valence-corrected chi connectivity index (χ4v) is 7.43. The molecule has 1 amide bonds. The van der Waals surface area contributed by atoms with E-state index in [4.69, 9.17) is 4.74 Å². The molecule has 0 aliphatic heterocycles. The van der Waals surface area contributed by atoms with Gasteiger partial charge in [0.25, 0.3) is 0 Å². The molecule has 0 bridgehead atoms. The Morgan fingerprint density at radius 1 is 0.517 bits per heavy atom. The van der Waals surface area contributed by atoms with Gasteiger partial charge in [0, 0.05) is 6.42 Å². The smallest absolute Gasteiger partial charge is 0.306 e. The number of carbonyl (C=O) groups is 2. The number of aliphatic hydroxyl groups is 2. The van der Waals surface area contributed by atoms with Crippen molar-refractivity contribution in [2.45, 2.75) is 264 Å². The molecule has 0 radical (unpaired) electrons. The van der Waals surface area contributed by atoms with E-state index in [9.17, 15) is 19.8 Å². The molecule has 0 rings (SSSR count). The van der Waals surface area contributed by atoms with E-state index in [1.54, 1.807) is 0 Å². The van der Waals surface area contributed by atoms with E-state index < -0.39 is 18.2 Å². The first-order chi connectivity index (χ1) is 28.5. The Hall–Kier alpha value is -2.18. The van der Waals surface area contributed by atoms with Gasteiger partial charge in [-0.1, -0.05) is 217 Å². The van der Waals surface area contributed by atoms with Crippen molar-refractivity contribution in [2.24, 2.45) is 0 Å². The maximum Gasteiger partial charge on any atom is 0.306 e. The molecule has 0 aliphatic rings. The van der Waals surface area contributed by atoms with Crippen molar-refractivity contribution < 1.29 is 24.5 Å². The van der Waals surface area contributed by atoms with Crippen LogP contribution in [0.2, 0.25) is 0 Å². The van der Waals surface area contributed by atoms with Crippen molar-refractivity contribution >= 4 is 11.9 Å². The van der Waals surface area contributed by atoms with Gasteiger partial charge >= 0.3 is 5.97 Å². The molecule has 0 aromatic rings. The highest BCUT2D eigenvalue weighted by atomic mass is 16.5. The van der Waals surface area contributed by atoms with Crippen LogP contribution in [-0.4, -0.2) is 46.9 Å². The second kappa shape index (κ2) is 45.9. The lowest BCUT2D eigenvalue weighted by Gasteiger charge is -2.24. The summed E-state index contributed by atoms with van der Waals surface area (Å²) in [5.41, 5.74) is 0. The van der Waals surface area contributed by atoms with E-state index in [2.05, 4.69) is 74.7 Å². The summed E-state index contributed by atoms with van der Waals surface area (Å²) < 4.78 is 5.90. The molecule has 338 valence electrons. The third-order valence-corrected chi connectivity index (χ3v) is 11.2. The van der Waals surface area contributed by atoms with Crippen LogP contribution in [0.5, 0.6) is 0 Å². The summed E-state index contributed by atoms with van der Waals surface area (Å²) in [5, 5.41) is 23.7. The Balaban J connectivity index is 4.61. The van der Waals surface area contributed by atoms with Gasteiger partial charge in [-0.25, -0.2) is 0 Å². The van der Waals surface area contributed by atoms with Gasteiger partial charge in [-0.3, -0.25) is 9.59 Å². The van der Waals surface area contributed by atoms with E-state index in [0.717, 1.165) is 70.6 Å². The van der Waals surface area contributed by atoms with Gasteiger partial charge < -0.3 is 20.3 Å². The van der Waals surface area contributed by atoms with Crippen LogP contribution in [0.4, 0.5) is 0 Å². The number of aliphatic hydroxyl groups excluding tert-OH is 2. The fourth-order valence-electron chi connectivity index (χ4n) is 7.43. The van der Waals surface area contributed by atoms with Crippen molar-refractivity contribution in [1.82, 2.24) is 5.32 Å². The zero-order valence-electron chi connectivity index (χ0n) is 38.4. The summed E-state index contributed by atoms with van der Waals surface area (Å²) >= 11 is 0. The molecule has 6 nitrogen and oxygen atoms in total. The number of hydrogen-bond acceptors (Lipinski definition) is 5. The zero-order valence-corrected chi connectivity index (χ0v) is 38.4. The standard InChI is InChI=1S/C52H95NO5/c1-4-7-10-13-16-19-22-25-26-27-30-33-36-39-42-45-52(57)58-48(43-40-37-34-31-28-23-20-17-14-11-8-5-2)46-51(56)53-49(47-54)50(55)44-41-38-35-32-29-24-21-18-15-12-9-6-3/h7,10,13,16,19,22,31,34,48-50,54-55H,4-6,8-9,11-12,14-15,17-18,20-21,23-30,32-33,35-47H2,1-3H3,(H,53,56)/b10-7+,16-13+,22-19+,34-31-. The first-order valence-corrected chi connectivity index (χ1v) is 24.9. The maximum atomic E-state index is 13.2. The number of carbonyl (C=O) groups excluding carboxylic acids is 2. The number of hydrogen-bond donors (Lipinski definition) is 3. The van der Waals surface area contributed by atoms with E-state index in [1.165, 1.54) is 128 Å². The number of rotatable bonds is 44. The lowest BCUT2D eigenvalue weighted by molar-refractivity contribution is -0.151. The summed E-state index contributed by atoms with van der Waals surface area (Å²) in [4.78, 5) is 26.1. The summed E-state index contributed by atoms with van der Waals surface area (Å²) in [6, 6.07) is -0.710. The Morgan fingerprint density at radius 3 is 1.48 bits per heavy atom. The molecule has 6 heteroatoms. The number of nitrogens with one attached hydrogen (secondary N) is 1. The molecule has 0 aliphatic carbocycles. The van der Waals surface area contributed by atoms with Gasteiger partial charge in [-0.05, 0) is 64.2 Å². The Bertz CT molecular complexity index is 1000. The predicted octanol–water partition coefficient (Wildman–Crippen LogP) is 14.7. The summed E-state index contributed by atoms with van der Waals surface area (Å²) in [5.74, 6) is -0.514. The number of unbranched alkanes of at least 4 members (excludes halogenated alkanes) is 26. The van der Waals surface area contributed by atoms with Gasteiger partial charge in [-0.2, -0.15) is 0 Å². The quantitative estimate of drug-likeness (QED) is 0.0246. The number of esters is 1. The van der Waals surface area contributed by atoms with Crippen LogP contribution >= 0.6 is 0 Å². The zero-order chi connectivity index (χ0) is 42.4. The molecule has 0 saturated heterocycles. The summed E-state index contributed by atoms with van der Waals surface area (Å²) in [7, 11) is 0. The van der Waals surface area contributed by atoms with Crippen LogP contribution in [0.1, 0.15) is 245 Å². The van der Waals surface area contributed by atoms with Gasteiger partial charge in [0.1, 0.15) is 6.10 Å². The maximum absolute atomic E-state index is 13.2. The highest BCUT2D eigenvalue weighted by Crippen LogP contribution is 2.17. The highest BCUT2D eigenvalue weighted by Gasteiger charge is 2.24. The molecule has 0 fully saturated rings. The Labute approximate surface area is 359 Å². The Morgan fingerprint density at radius 2 is 0.966 bits per heavy atom. The van der Waals surface area contributed by atoms with Gasteiger partial charge in [0.2, 0.25) is 5.91 Å². The average molecular weight is 814 g/mol.